The normalized spacial score (nSPS) is 28.2. The summed E-state index contributed by atoms with van der Waals surface area (Å²) in [5.41, 5.74) is 0.327. The predicted molar refractivity (Wildman–Crippen MR) is 90.3 cm³/mol. The Kier molecular flexibility index (Phi) is 8.13. The van der Waals surface area contributed by atoms with Gasteiger partial charge in [-0.05, 0) is 32.2 Å². The van der Waals surface area contributed by atoms with Crippen LogP contribution in [0.3, 0.4) is 0 Å². The smallest absolute Gasteiger partial charge is 0.0278 e. The standard InChI is InChI=1S/C18H38N2/c1-6-8-9-10-11-12-13-20-15-18(5,7-2)19-14-17(20)16(3)4/h16-17,19H,6-15H2,1-5H3. The Labute approximate surface area is 127 Å². The Morgan fingerprint density at radius 1 is 1.10 bits per heavy atom. The molecular weight excluding hydrogens is 244 g/mol. The summed E-state index contributed by atoms with van der Waals surface area (Å²) >= 11 is 0. The summed E-state index contributed by atoms with van der Waals surface area (Å²) in [6, 6.07) is 0.727. The van der Waals surface area contributed by atoms with Crippen LogP contribution in [0, 0.1) is 5.92 Å². The minimum Gasteiger partial charge on any atom is -0.309 e. The lowest BCUT2D eigenvalue weighted by Gasteiger charge is -2.47. The summed E-state index contributed by atoms with van der Waals surface area (Å²) in [5, 5.41) is 3.78. The van der Waals surface area contributed by atoms with E-state index < -0.39 is 0 Å². The molecule has 1 saturated heterocycles. The van der Waals surface area contributed by atoms with Gasteiger partial charge < -0.3 is 5.32 Å². The van der Waals surface area contributed by atoms with Crippen molar-refractivity contribution in [1.82, 2.24) is 10.2 Å². The van der Waals surface area contributed by atoms with Crippen molar-refractivity contribution in [3.05, 3.63) is 0 Å². The van der Waals surface area contributed by atoms with E-state index in [1.165, 1.54) is 58.0 Å². The van der Waals surface area contributed by atoms with E-state index in [0.29, 0.717) is 5.54 Å². The van der Waals surface area contributed by atoms with Gasteiger partial charge in [-0.25, -0.2) is 0 Å². The van der Waals surface area contributed by atoms with E-state index in [-0.39, 0.29) is 0 Å². The SMILES string of the molecule is CCCCCCCCN1CC(C)(CC)NCC1C(C)C. The molecule has 0 bridgehead atoms. The maximum Gasteiger partial charge on any atom is 0.0278 e. The van der Waals surface area contributed by atoms with Crippen LogP contribution in [-0.4, -0.2) is 36.1 Å². The molecule has 1 N–H and O–H groups in total. The highest BCUT2D eigenvalue weighted by molar-refractivity contribution is 4.95. The Hall–Kier alpha value is -0.0800. The average molecular weight is 283 g/mol. The molecule has 0 aromatic heterocycles. The molecule has 0 saturated carbocycles. The second kappa shape index (κ2) is 9.04. The van der Waals surface area contributed by atoms with Gasteiger partial charge in [0.15, 0.2) is 0 Å². The molecule has 0 spiro atoms. The number of unbranched alkanes of at least 4 members (excludes halogenated alkanes) is 5. The van der Waals surface area contributed by atoms with Gasteiger partial charge in [-0.2, -0.15) is 0 Å². The monoisotopic (exact) mass is 282 g/mol. The van der Waals surface area contributed by atoms with Crippen LogP contribution in [0.2, 0.25) is 0 Å². The first kappa shape index (κ1) is 18.0. The summed E-state index contributed by atoms with van der Waals surface area (Å²) in [4.78, 5) is 2.77. The van der Waals surface area contributed by atoms with Crippen molar-refractivity contribution in [2.75, 3.05) is 19.6 Å². The molecule has 1 heterocycles. The largest absolute Gasteiger partial charge is 0.309 e. The second-order valence-corrected chi connectivity index (χ2v) is 7.34. The maximum atomic E-state index is 3.78. The van der Waals surface area contributed by atoms with E-state index in [0.717, 1.165) is 18.5 Å². The zero-order valence-electron chi connectivity index (χ0n) is 14.7. The van der Waals surface area contributed by atoms with Crippen LogP contribution < -0.4 is 5.32 Å². The number of rotatable bonds is 9. The summed E-state index contributed by atoms with van der Waals surface area (Å²) < 4.78 is 0. The van der Waals surface area contributed by atoms with Crippen molar-refractivity contribution in [1.29, 1.82) is 0 Å². The number of hydrogen-bond acceptors (Lipinski definition) is 2. The van der Waals surface area contributed by atoms with Gasteiger partial charge in [0.2, 0.25) is 0 Å². The lowest BCUT2D eigenvalue weighted by atomic mass is 9.89. The van der Waals surface area contributed by atoms with Crippen molar-refractivity contribution < 1.29 is 0 Å². The Morgan fingerprint density at radius 3 is 2.35 bits per heavy atom. The first-order valence-electron chi connectivity index (χ1n) is 9.01. The Bertz CT molecular complexity index is 252. The lowest BCUT2D eigenvalue weighted by molar-refractivity contribution is 0.0588. The fourth-order valence-corrected chi connectivity index (χ4v) is 3.34. The fourth-order valence-electron chi connectivity index (χ4n) is 3.34. The van der Waals surface area contributed by atoms with E-state index in [1.807, 2.05) is 0 Å². The van der Waals surface area contributed by atoms with Crippen LogP contribution in [0.5, 0.6) is 0 Å². The highest BCUT2D eigenvalue weighted by atomic mass is 15.3. The molecule has 0 aromatic carbocycles. The van der Waals surface area contributed by atoms with E-state index in [4.69, 9.17) is 0 Å². The summed E-state index contributed by atoms with van der Waals surface area (Å²) in [7, 11) is 0. The lowest BCUT2D eigenvalue weighted by Crippen LogP contribution is -2.63. The summed E-state index contributed by atoms with van der Waals surface area (Å²) in [5.74, 6) is 0.754. The highest BCUT2D eigenvalue weighted by Gasteiger charge is 2.35. The molecule has 1 aliphatic heterocycles. The van der Waals surface area contributed by atoms with Crippen molar-refractivity contribution in [2.24, 2.45) is 5.92 Å². The molecule has 0 radical (unpaired) electrons. The molecule has 2 unspecified atom stereocenters. The molecule has 2 heteroatoms. The van der Waals surface area contributed by atoms with Crippen molar-refractivity contribution >= 4 is 0 Å². The summed E-state index contributed by atoms with van der Waals surface area (Å²) in [6.07, 6.45) is 9.64. The molecule has 20 heavy (non-hydrogen) atoms. The van der Waals surface area contributed by atoms with Crippen LogP contribution in [0.4, 0.5) is 0 Å². The quantitative estimate of drug-likeness (QED) is 0.629. The maximum absolute atomic E-state index is 3.78. The number of piperazine rings is 1. The molecular formula is C18H38N2. The zero-order chi connectivity index (χ0) is 15.0. The zero-order valence-corrected chi connectivity index (χ0v) is 14.7. The van der Waals surface area contributed by atoms with Gasteiger partial charge >= 0.3 is 0 Å². The molecule has 0 aromatic rings. The van der Waals surface area contributed by atoms with Gasteiger partial charge in [0.1, 0.15) is 0 Å². The molecule has 120 valence electrons. The summed E-state index contributed by atoms with van der Waals surface area (Å²) in [6.45, 7) is 15.4. The van der Waals surface area contributed by atoms with Crippen LogP contribution >= 0.6 is 0 Å². The first-order valence-corrected chi connectivity index (χ1v) is 9.01. The van der Waals surface area contributed by atoms with E-state index in [1.54, 1.807) is 0 Å². The minimum absolute atomic E-state index is 0.327. The van der Waals surface area contributed by atoms with Crippen molar-refractivity contribution in [3.63, 3.8) is 0 Å². The third kappa shape index (κ3) is 5.73. The van der Waals surface area contributed by atoms with E-state index in [9.17, 15) is 0 Å². The predicted octanol–water partition coefficient (Wildman–Crippen LogP) is 4.45. The Morgan fingerprint density at radius 2 is 1.75 bits per heavy atom. The van der Waals surface area contributed by atoms with Crippen LogP contribution in [0.25, 0.3) is 0 Å². The molecule has 2 atom stereocenters. The minimum atomic E-state index is 0.327. The van der Waals surface area contributed by atoms with Crippen molar-refractivity contribution in [3.8, 4) is 0 Å². The van der Waals surface area contributed by atoms with Crippen LogP contribution in [0.1, 0.15) is 79.6 Å². The van der Waals surface area contributed by atoms with E-state index in [2.05, 4.69) is 44.8 Å². The fraction of sp³-hybridized carbons (Fsp3) is 1.00. The highest BCUT2D eigenvalue weighted by Crippen LogP contribution is 2.23. The van der Waals surface area contributed by atoms with Gasteiger partial charge in [0.25, 0.3) is 0 Å². The topological polar surface area (TPSA) is 15.3 Å². The van der Waals surface area contributed by atoms with Gasteiger partial charge in [-0.15, -0.1) is 0 Å². The van der Waals surface area contributed by atoms with E-state index >= 15 is 0 Å². The van der Waals surface area contributed by atoms with Gasteiger partial charge in [-0.1, -0.05) is 59.8 Å². The van der Waals surface area contributed by atoms with Gasteiger partial charge in [0, 0.05) is 24.7 Å². The average Bonchev–Trinajstić information content (AvgIpc) is 2.42. The van der Waals surface area contributed by atoms with Gasteiger partial charge in [0.05, 0.1) is 0 Å². The van der Waals surface area contributed by atoms with Crippen molar-refractivity contribution in [2.45, 2.75) is 91.1 Å². The molecule has 0 aliphatic carbocycles. The van der Waals surface area contributed by atoms with Gasteiger partial charge in [-0.3, -0.25) is 4.90 Å². The first-order chi connectivity index (χ1) is 9.52. The number of nitrogens with zero attached hydrogens (tertiary/aromatic N) is 1. The van der Waals surface area contributed by atoms with Crippen LogP contribution in [0.15, 0.2) is 0 Å². The third-order valence-corrected chi connectivity index (χ3v) is 5.11. The molecule has 2 nitrogen and oxygen atoms in total. The van der Waals surface area contributed by atoms with Crippen LogP contribution in [-0.2, 0) is 0 Å². The number of hydrogen-bond donors (Lipinski definition) is 1. The third-order valence-electron chi connectivity index (χ3n) is 5.11. The molecule has 0 amide bonds. The Balaban J connectivity index is 2.36. The number of nitrogens with one attached hydrogen (secondary N) is 1. The molecule has 1 aliphatic rings. The molecule has 1 fully saturated rings. The second-order valence-electron chi connectivity index (χ2n) is 7.34. The molecule has 1 rings (SSSR count).